The fourth-order valence-corrected chi connectivity index (χ4v) is 2.08. The van der Waals surface area contributed by atoms with E-state index in [4.69, 9.17) is 21.6 Å². The molecule has 2 aromatic rings. The van der Waals surface area contributed by atoms with Crippen molar-refractivity contribution in [2.45, 2.75) is 18.9 Å². The van der Waals surface area contributed by atoms with Crippen LogP contribution in [-0.2, 0) is 0 Å². The number of hydrogen-bond donors (Lipinski definition) is 3. The van der Waals surface area contributed by atoms with Crippen molar-refractivity contribution < 1.29 is 9.21 Å². The van der Waals surface area contributed by atoms with Crippen LogP contribution in [-0.4, -0.2) is 24.3 Å². The maximum Gasteiger partial charge on any atom is 0.347 e. The fraction of sp³-hybridized carbons (Fsp3) is 0.267. The zero-order chi connectivity index (χ0) is 16.1. The van der Waals surface area contributed by atoms with Crippen LogP contribution in [0.5, 0.6) is 0 Å². The van der Waals surface area contributed by atoms with Gasteiger partial charge < -0.3 is 21.6 Å². The molecule has 0 spiro atoms. The fourth-order valence-electron chi connectivity index (χ4n) is 2.08. The molecule has 0 bridgehead atoms. The molecular formula is C15H18N4O3. The lowest BCUT2D eigenvalue weighted by Gasteiger charge is -2.09. The van der Waals surface area contributed by atoms with Gasteiger partial charge in [0, 0.05) is 11.9 Å². The Morgan fingerprint density at radius 1 is 1.27 bits per heavy atom. The van der Waals surface area contributed by atoms with Crippen LogP contribution in [0.2, 0.25) is 0 Å². The Labute approximate surface area is 126 Å². The molecule has 6 N–H and O–H groups in total. The number of Topliss-reactive ketones (excluding diaryl/α,β-unsaturated/α-hetero) is 1. The molecule has 22 heavy (non-hydrogen) atoms. The van der Waals surface area contributed by atoms with Gasteiger partial charge in [-0.1, -0.05) is 18.2 Å². The second-order valence-electron chi connectivity index (χ2n) is 4.90. The van der Waals surface area contributed by atoms with E-state index in [0.717, 1.165) is 0 Å². The van der Waals surface area contributed by atoms with Crippen LogP contribution in [0.15, 0.2) is 44.5 Å². The standard InChI is InChI=1S/C15H18N4O3/c16-11(5-3-7-19-15(17)18)13(20)10-8-9-4-1-2-6-12(9)22-14(10)21/h1-2,4,6,8,11H,3,5,7,16H2,(H4,17,18,19). The maximum atomic E-state index is 12.3. The Morgan fingerprint density at radius 3 is 2.73 bits per heavy atom. The van der Waals surface area contributed by atoms with Crippen molar-refractivity contribution in [3.8, 4) is 0 Å². The van der Waals surface area contributed by atoms with Crippen LogP contribution in [0, 0.1) is 0 Å². The Balaban J connectivity index is 2.13. The highest BCUT2D eigenvalue weighted by Gasteiger charge is 2.20. The van der Waals surface area contributed by atoms with E-state index in [2.05, 4.69) is 4.99 Å². The molecule has 1 heterocycles. The van der Waals surface area contributed by atoms with E-state index in [1.165, 1.54) is 6.07 Å². The van der Waals surface area contributed by atoms with Crippen molar-refractivity contribution >= 4 is 22.7 Å². The summed E-state index contributed by atoms with van der Waals surface area (Å²) in [6, 6.07) is 7.70. The van der Waals surface area contributed by atoms with Crippen molar-refractivity contribution in [3.05, 3.63) is 46.3 Å². The highest BCUT2D eigenvalue weighted by atomic mass is 16.4. The minimum absolute atomic E-state index is 0.00456. The number of guanidine groups is 1. The predicted octanol–water partition coefficient (Wildman–Crippen LogP) is 0.357. The molecule has 1 atom stereocenters. The zero-order valence-electron chi connectivity index (χ0n) is 12.0. The van der Waals surface area contributed by atoms with Gasteiger partial charge in [0.25, 0.3) is 0 Å². The topological polar surface area (TPSA) is 138 Å². The molecule has 0 fully saturated rings. The average Bonchev–Trinajstić information content (AvgIpc) is 2.49. The van der Waals surface area contributed by atoms with Gasteiger partial charge in [0.05, 0.1) is 6.04 Å². The van der Waals surface area contributed by atoms with Gasteiger partial charge in [-0.15, -0.1) is 0 Å². The highest BCUT2D eigenvalue weighted by Crippen LogP contribution is 2.14. The van der Waals surface area contributed by atoms with E-state index in [-0.39, 0.29) is 11.5 Å². The first kappa shape index (κ1) is 15.7. The number of ketones is 1. The lowest BCUT2D eigenvalue weighted by molar-refractivity contribution is 0.0953. The lowest BCUT2D eigenvalue weighted by Crippen LogP contribution is -2.33. The van der Waals surface area contributed by atoms with Crippen LogP contribution in [0.1, 0.15) is 23.2 Å². The second kappa shape index (κ2) is 6.86. The number of fused-ring (bicyclic) bond motifs is 1. The molecule has 7 nitrogen and oxygen atoms in total. The second-order valence-corrected chi connectivity index (χ2v) is 4.90. The van der Waals surface area contributed by atoms with E-state index < -0.39 is 17.5 Å². The summed E-state index contributed by atoms with van der Waals surface area (Å²) in [5, 5.41) is 0.679. The van der Waals surface area contributed by atoms with Crippen LogP contribution in [0.25, 0.3) is 11.0 Å². The third kappa shape index (κ3) is 3.70. The number of nitrogens with zero attached hydrogens (tertiary/aromatic N) is 1. The van der Waals surface area contributed by atoms with Crippen molar-refractivity contribution in [2.24, 2.45) is 22.2 Å². The van der Waals surface area contributed by atoms with Gasteiger partial charge in [0.15, 0.2) is 11.7 Å². The number of para-hydroxylation sites is 1. The van der Waals surface area contributed by atoms with E-state index in [9.17, 15) is 9.59 Å². The Kier molecular flexibility index (Phi) is 4.90. The number of carbonyl (C=O) groups is 1. The van der Waals surface area contributed by atoms with Crippen LogP contribution in [0.4, 0.5) is 0 Å². The van der Waals surface area contributed by atoms with Gasteiger partial charge in [0.2, 0.25) is 0 Å². The summed E-state index contributed by atoms with van der Waals surface area (Å²) in [6.45, 7) is 0.385. The van der Waals surface area contributed by atoms with Gasteiger partial charge >= 0.3 is 5.63 Å². The van der Waals surface area contributed by atoms with Crippen LogP contribution in [0.3, 0.4) is 0 Å². The molecule has 7 heteroatoms. The van der Waals surface area contributed by atoms with E-state index >= 15 is 0 Å². The number of carbonyl (C=O) groups excluding carboxylic acids is 1. The van der Waals surface area contributed by atoms with Gasteiger partial charge in [-0.3, -0.25) is 9.79 Å². The van der Waals surface area contributed by atoms with Crippen molar-refractivity contribution in [2.75, 3.05) is 6.54 Å². The van der Waals surface area contributed by atoms with E-state index in [1.807, 2.05) is 0 Å². The summed E-state index contributed by atoms with van der Waals surface area (Å²) in [5.41, 5.74) is 16.0. The summed E-state index contributed by atoms with van der Waals surface area (Å²) in [4.78, 5) is 28.0. The lowest BCUT2D eigenvalue weighted by atomic mass is 10.0. The average molecular weight is 302 g/mol. The van der Waals surface area contributed by atoms with Gasteiger partial charge in [-0.2, -0.15) is 0 Å². The van der Waals surface area contributed by atoms with Gasteiger partial charge in [-0.05, 0) is 25.0 Å². The molecular weight excluding hydrogens is 284 g/mol. The zero-order valence-corrected chi connectivity index (χ0v) is 12.0. The SMILES string of the molecule is NC(N)=NCCCC(N)C(=O)c1cc2ccccc2oc1=O. The predicted molar refractivity (Wildman–Crippen MR) is 84.7 cm³/mol. The first-order chi connectivity index (χ1) is 10.5. The molecule has 0 saturated heterocycles. The molecule has 0 aliphatic rings. The maximum absolute atomic E-state index is 12.3. The number of nitrogens with two attached hydrogens (primary N) is 3. The molecule has 1 unspecified atom stereocenters. The molecule has 0 saturated carbocycles. The molecule has 0 aliphatic heterocycles. The molecule has 2 rings (SSSR count). The molecule has 116 valence electrons. The molecule has 0 radical (unpaired) electrons. The molecule has 1 aromatic heterocycles. The monoisotopic (exact) mass is 302 g/mol. The highest BCUT2D eigenvalue weighted by molar-refractivity contribution is 6.01. The number of benzene rings is 1. The summed E-state index contributed by atoms with van der Waals surface area (Å²) in [7, 11) is 0. The molecule has 1 aromatic carbocycles. The number of hydrogen-bond acceptors (Lipinski definition) is 5. The number of rotatable bonds is 6. The largest absolute Gasteiger partial charge is 0.422 e. The summed E-state index contributed by atoms with van der Waals surface area (Å²) < 4.78 is 5.13. The molecule has 0 aliphatic carbocycles. The first-order valence-corrected chi connectivity index (χ1v) is 6.87. The third-order valence-corrected chi connectivity index (χ3v) is 3.21. The molecule has 0 amide bonds. The minimum Gasteiger partial charge on any atom is -0.422 e. The summed E-state index contributed by atoms with van der Waals surface area (Å²) in [6.07, 6.45) is 0.922. The summed E-state index contributed by atoms with van der Waals surface area (Å²) in [5.74, 6) is -0.445. The van der Waals surface area contributed by atoms with Crippen molar-refractivity contribution in [1.82, 2.24) is 0 Å². The summed E-state index contributed by atoms with van der Waals surface area (Å²) >= 11 is 0. The number of aliphatic imine (C=N–C) groups is 1. The Hall–Kier alpha value is -2.67. The quantitative estimate of drug-likeness (QED) is 0.231. The third-order valence-electron chi connectivity index (χ3n) is 3.21. The van der Waals surface area contributed by atoms with Gasteiger partial charge in [0.1, 0.15) is 11.1 Å². The minimum atomic E-state index is -0.793. The van der Waals surface area contributed by atoms with Gasteiger partial charge in [-0.25, -0.2) is 4.79 Å². The van der Waals surface area contributed by atoms with Crippen LogP contribution < -0.4 is 22.8 Å². The normalized spacial score (nSPS) is 12.0. The Bertz CT molecular complexity index is 763. The first-order valence-electron chi connectivity index (χ1n) is 6.87. The van der Waals surface area contributed by atoms with E-state index in [1.54, 1.807) is 24.3 Å². The van der Waals surface area contributed by atoms with Crippen molar-refractivity contribution in [1.29, 1.82) is 0 Å². The van der Waals surface area contributed by atoms with E-state index in [0.29, 0.717) is 30.4 Å². The van der Waals surface area contributed by atoms with Crippen LogP contribution >= 0.6 is 0 Å². The smallest absolute Gasteiger partial charge is 0.347 e. The van der Waals surface area contributed by atoms with Crippen molar-refractivity contribution in [3.63, 3.8) is 0 Å². The Morgan fingerprint density at radius 2 is 2.00 bits per heavy atom.